The average Bonchev–Trinajstić information content (AvgIpc) is 2.19. The van der Waals surface area contributed by atoms with E-state index in [4.69, 9.17) is 22.1 Å². The van der Waals surface area contributed by atoms with E-state index in [1.165, 1.54) is 11.1 Å². The van der Waals surface area contributed by atoms with Crippen LogP contribution in [0.3, 0.4) is 0 Å². The number of hydrogen-bond donors (Lipinski definition) is 1. The fraction of sp³-hybridized carbons (Fsp3) is 0.455. The molecule has 2 N–H and O–H groups in total. The molecule has 1 heterocycles. The second-order valence-corrected chi connectivity index (χ2v) is 4.08. The minimum Gasteiger partial charge on any atom is -0.373 e. The maximum absolute atomic E-state index is 6.17. The molecule has 0 spiro atoms. The monoisotopic (exact) mass is 211 g/mol. The topological polar surface area (TPSA) is 35.2 Å². The summed E-state index contributed by atoms with van der Waals surface area (Å²) >= 11 is 6.17. The van der Waals surface area contributed by atoms with Crippen LogP contribution in [0.25, 0.3) is 0 Å². The van der Waals surface area contributed by atoms with Crippen LogP contribution in [0.1, 0.15) is 24.0 Å². The van der Waals surface area contributed by atoms with Crippen molar-refractivity contribution >= 4 is 11.6 Å². The molecular formula is C11H14ClNO. The number of hydrogen-bond acceptors (Lipinski definition) is 2. The molecule has 1 aromatic rings. The van der Waals surface area contributed by atoms with E-state index >= 15 is 0 Å². The molecule has 0 fully saturated rings. The molecule has 0 saturated carbocycles. The molecule has 0 bridgehead atoms. The van der Waals surface area contributed by atoms with Gasteiger partial charge in [-0.1, -0.05) is 23.7 Å². The molecule has 0 aromatic heterocycles. The Morgan fingerprint density at radius 1 is 1.57 bits per heavy atom. The van der Waals surface area contributed by atoms with Gasteiger partial charge in [0.05, 0.1) is 12.7 Å². The number of halogens is 1. The molecule has 3 heteroatoms. The molecule has 2 nitrogen and oxygen atoms in total. The Morgan fingerprint density at radius 3 is 3.07 bits per heavy atom. The zero-order valence-electron chi connectivity index (χ0n) is 8.16. The van der Waals surface area contributed by atoms with Gasteiger partial charge in [-0.05, 0) is 24.1 Å². The molecule has 1 aliphatic heterocycles. The number of rotatable bonds is 1. The molecule has 2 atom stereocenters. The summed E-state index contributed by atoms with van der Waals surface area (Å²) in [5.41, 5.74) is 8.09. The van der Waals surface area contributed by atoms with Crippen LogP contribution < -0.4 is 5.73 Å². The summed E-state index contributed by atoms with van der Waals surface area (Å²) in [6, 6.07) is 5.92. The number of fused-ring (bicyclic) bond motifs is 1. The zero-order chi connectivity index (χ0) is 10.1. The minimum atomic E-state index is 0.160. The van der Waals surface area contributed by atoms with Crippen molar-refractivity contribution < 1.29 is 4.74 Å². The van der Waals surface area contributed by atoms with E-state index in [1.807, 2.05) is 19.1 Å². The quantitative estimate of drug-likeness (QED) is 0.774. The molecule has 2 rings (SSSR count). The van der Waals surface area contributed by atoms with Gasteiger partial charge >= 0.3 is 0 Å². The third kappa shape index (κ3) is 1.54. The van der Waals surface area contributed by atoms with Crippen molar-refractivity contribution in [2.75, 3.05) is 6.54 Å². The van der Waals surface area contributed by atoms with E-state index in [2.05, 4.69) is 6.07 Å². The molecule has 2 unspecified atom stereocenters. The molecule has 0 radical (unpaired) electrons. The van der Waals surface area contributed by atoms with Gasteiger partial charge in [0.25, 0.3) is 0 Å². The van der Waals surface area contributed by atoms with Crippen molar-refractivity contribution in [3.05, 3.63) is 34.3 Å². The van der Waals surface area contributed by atoms with Gasteiger partial charge in [-0.2, -0.15) is 0 Å². The maximum Gasteiger partial charge on any atom is 0.0724 e. The number of ether oxygens (including phenoxy) is 1. The van der Waals surface area contributed by atoms with Gasteiger partial charge in [-0.25, -0.2) is 0 Å². The van der Waals surface area contributed by atoms with E-state index in [0.29, 0.717) is 13.2 Å². The SMILES string of the molecule is CC1OCc2cccc(Cl)c2C1CN. The summed E-state index contributed by atoms with van der Waals surface area (Å²) in [6.45, 7) is 3.27. The summed E-state index contributed by atoms with van der Waals surface area (Å²) < 4.78 is 5.62. The van der Waals surface area contributed by atoms with E-state index in [1.54, 1.807) is 0 Å². The van der Waals surface area contributed by atoms with Crippen molar-refractivity contribution in [2.24, 2.45) is 5.73 Å². The lowest BCUT2D eigenvalue weighted by atomic mass is 9.88. The molecule has 0 saturated heterocycles. The predicted molar refractivity (Wildman–Crippen MR) is 57.5 cm³/mol. The fourth-order valence-electron chi connectivity index (χ4n) is 2.00. The largest absolute Gasteiger partial charge is 0.373 e. The van der Waals surface area contributed by atoms with E-state index in [-0.39, 0.29) is 12.0 Å². The first-order chi connectivity index (χ1) is 6.74. The van der Waals surface area contributed by atoms with Gasteiger partial charge in [-0.3, -0.25) is 0 Å². The van der Waals surface area contributed by atoms with Crippen LogP contribution in [-0.4, -0.2) is 12.6 Å². The smallest absolute Gasteiger partial charge is 0.0724 e. The predicted octanol–water partition coefficient (Wildman–Crippen LogP) is 2.30. The lowest BCUT2D eigenvalue weighted by molar-refractivity contribution is 0.0220. The van der Waals surface area contributed by atoms with Crippen LogP contribution >= 0.6 is 11.6 Å². The molecule has 14 heavy (non-hydrogen) atoms. The Balaban J connectivity index is 2.49. The van der Waals surface area contributed by atoms with Gasteiger partial charge in [0.2, 0.25) is 0 Å². The first kappa shape index (κ1) is 9.97. The lowest BCUT2D eigenvalue weighted by Gasteiger charge is -2.31. The highest BCUT2D eigenvalue weighted by Gasteiger charge is 2.27. The summed E-state index contributed by atoms with van der Waals surface area (Å²) in [4.78, 5) is 0. The van der Waals surface area contributed by atoms with Crippen LogP contribution in [0.2, 0.25) is 5.02 Å². The van der Waals surface area contributed by atoms with Crippen LogP contribution in [0, 0.1) is 0 Å². The summed E-state index contributed by atoms with van der Waals surface area (Å²) in [7, 11) is 0. The molecule has 1 aromatic carbocycles. The van der Waals surface area contributed by atoms with Crippen molar-refractivity contribution in [1.29, 1.82) is 0 Å². The Bertz CT molecular complexity index is 340. The standard InChI is InChI=1S/C11H14ClNO/c1-7-9(5-13)11-8(6-14-7)3-2-4-10(11)12/h2-4,7,9H,5-6,13H2,1H3. The molecular weight excluding hydrogens is 198 g/mol. The van der Waals surface area contributed by atoms with Crippen molar-refractivity contribution in [2.45, 2.75) is 25.6 Å². The van der Waals surface area contributed by atoms with Gasteiger partial charge in [0, 0.05) is 17.5 Å². The Morgan fingerprint density at radius 2 is 2.36 bits per heavy atom. The zero-order valence-corrected chi connectivity index (χ0v) is 8.92. The van der Waals surface area contributed by atoms with Crippen molar-refractivity contribution in [3.8, 4) is 0 Å². The van der Waals surface area contributed by atoms with Crippen LogP contribution in [0.5, 0.6) is 0 Å². The highest BCUT2D eigenvalue weighted by atomic mass is 35.5. The van der Waals surface area contributed by atoms with E-state index in [9.17, 15) is 0 Å². The van der Waals surface area contributed by atoms with Crippen LogP contribution in [0.15, 0.2) is 18.2 Å². The number of benzene rings is 1. The Hall–Kier alpha value is -0.570. The summed E-state index contributed by atoms with van der Waals surface area (Å²) in [5, 5.41) is 0.813. The highest BCUT2D eigenvalue weighted by Crippen LogP contribution is 2.35. The lowest BCUT2D eigenvalue weighted by Crippen LogP contribution is -2.31. The highest BCUT2D eigenvalue weighted by molar-refractivity contribution is 6.31. The molecule has 0 amide bonds. The molecule has 1 aliphatic rings. The third-order valence-corrected chi connectivity index (χ3v) is 3.17. The van der Waals surface area contributed by atoms with Crippen molar-refractivity contribution in [3.63, 3.8) is 0 Å². The number of nitrogens with two attached hydrogens (primary N) is 1. The van der Waals surface area contributed by atoms with E-state index < -0.39 is 0 Å². The molecule has 0 aliphatic carbocycles. The van der Waals surface area contributed by atoms with Crippen LogP contribution in [-0.2, 0) is 11.3 Å². The maximum atomic E-state index is 6.17. The Labute approximate surface area is 89.0 Å². The third-order valence-electron chi connectivity index (χ3n) is 2.84. The second kappa shape index (κ2) is 3.89. The summed E-state index contributed by atoms with van der Waals surface area (Å²) in [6.07, 6.45) is 0.160. The van der Waals surface area contributed by atoms with Crippen molar-refractivity contribution in [1.82, 2.24) is 0 Å². The first-order valence-corrected chi connectivity index (χ1v) is 5.20. The van der Waals surface area contributed by atoms with Crippen LogP contribution in [0.4, 0.5) is 0 Å². The van der Waals surface area contributed by atoms with E-state index in [0.717, 1.165) is 5.02 Å². The van der Waals surface area contributed by atoms with Gasteiger partial charge in [-0.15, -0.1) is 0 Å². The Kier molecular flexibility index (Phi) is 2.77. The van der Waals surface area contributed by atoms with Gasteiger partial charge < -0.3 is 10.5 Å². The fourth-order valence-corrected chi connectivity index (χ4v) is 2.34. The van der Waals surface area contributed by atoms with Gasteiger partial charge in [0.15, 0.2) is 0 Å². The van der Waals surface area contributed by atoms with Gasteiger partial charge in [0.1, 0.15) is 0 Å². The first-order valence-electron chi connectivity index (χ1n) is 4.83. The second-order valence-electron chi connectivity index (χ2n) is 3.67. The minimum absolute atomic E-state index is 0.160. The normalized spacial score (nSPS) is 25.9. The summed E-state index contributed by atoms with van der Waals surface area (Å²) in [5.74, 6) is 0.229. The average molecular weight is 212 g/mol. The molecule has 76 valence electrons.